The highest BCUT2D eigenvalue weighted by molar-refractivity contribution is 5.93. The molecule has 0 aromatic carbocycles. The number of nitrogens with zero attached hydrogens (tertiary/aromatic N) is 2. The average Bonchev–Trinajstić information content (AvgIpc) is 2.31. The Hall–Kier alpha value is -1.89. The van der Waals surface area contributed by atoms with Crippen LogP contribution < -0.4 is 16.6 Å². The smallest absolute Gasteiger partial charge is 0.330 e. The summed E-state index contributed by atoms with van der Waals surface area (Å²) in [5, 5.41) is 2.52. The van der Waals surface area contributed by atoms with E-state index in [2.05, 4.69) is 5.32 Å². The van der Waals surface area contributed by atoms with Crippen molar-refractivity contribution in [1.82, 2.24) is 14.5 Å². The lowest BCUT2D eigenvalue weighted by Gasteiger charge is -2.07. The van der Waals surface area contributed by atoms with Crippen LogP contribution in [0, 0.1) is 0 Å². The first-order chi connectivity index (χ1) is 7.99. The van der Waals surface area contributed by atoms with Gasteiger partial charge in [0.2, 0.25) is 0 Å². The number of carbonyl (C=O) groups is 1. The number of ether oxygens (including phenoxy) is 1. The van der Waals surface area contributed by atoms with Gasteiger partial charge in [0, 0.05) is 33.9 Å². The van der Waals surface area contributed by atoms with Gasteiger partial charge in [-0.25, -0.2) is 4.79 Å². The van der Waals surface area contributed by atoms with Crippen LogP contribution in [0.4, 0.5) is 0 Å². The number of aryl methyl sites for hydroxylation is 1. The number of amides is 1. The fraction of sp³-hybridized carbons (Fsp3) is 0.500. The number of hydrogen-bond donors (Lipinski definition) is 1. The SMILES string of the molecule is COCCNC(=O)c1cn(C)c(=O)n(C)c1=O. The van der Waals surface area contributed by atoms with Crippen molar-refractivity contribution < 1.29 is 9.53 Å². The highest BCUT2D eigenvalue weighted by Crippen LogP contribution is 1.87. The van der Waals surface area contributed by atoms with Crippen molar-refractivity contribution >= 4 is 5.91 Å². The van der Waals surface area contributed by atoms with Gasteiger partial charge in [-0.3, -0.25) is 14.2 Å². The quantitative estimate of drug-likeness (QED) is 0.648. The monoisotopic (exact) mass is 241 g/mol. The first kappa shape index (κ1) is 13.2. The van der Waals surface area contributed by atoms with E-state index < -0.39 is 17.2 Å². The Bertz CT molecular complexity index is 529. The van der Waals surface area contributed by atoms with Crippen LogP contribution in [0.3, 0.4) is 0 Å². The van der Waals surface area contributed by atoms with E-state index in [0.717, 1.165) is 4.57 Å². The largest absolute Gasteiger partial charge is 0.383 e. The molecular formula is C10H15N3O4. The zero-order valence-electron chi connectivity index (χ0n) is 10.0. The third kappa shape index (κ3) is 2.82. The van der Waals surface area contributed by atoms with E-state index in [4.69, 9.17) is 4.74 Å². The first-order valence-corrected chi connectivity index (χ1v) is 5.02. The van der Waals surface area contributed by atoms with Gasteiger partial charge in [0.15, 0.2) is 0 Å². The van der Waals surface area contributed by atoms with Crippen molar-refractivity contribution in [3.05, 3.63) is 32.6 Å². The van der Waals surface area contributed by atoms with Crippen LogP contribution in [0.15, 0.2) is 15.8 Å². The summed E-state index contributed by atoms with van der Waals surface area (Å²) in [4.78, 5) is 34.7. The fourth-order valence-corrected chi connectivity index (χ4v) is 1.33. The summed E-state index contributed by atoms with van der Waals surface area (Å²) in [6, 6.07) is 0. The number of aromatic nitrogens is 2. The number of methoxy groups -OCH3 is 1. The maximum absolute atomic E-state index is 11.7. The molecule has 0 radical (unpaired) electrons. The Kier molecular flexibility index (Phi) is 4.22. The maximum Gasteiger partial charge on any atom is 0.330 e. The van der Waals surface area contributed by atoms with Crippen molar-refractivity contribution in [1.29, 1.82) is 0 Å². The van der Waals surface area contributed by atoms with Crippen molar-refractivity contribution in [2.75, 3.05) is 20.3 Å². The summed E-state index contributed by atoms with van der Waals surface area (Å²) in [6.07, 6.45) is 1.23. The van der Waals surface area contributed by atoms with Crippen LogP contribution in [0.5, 0.6) is 0 Å². The van der Waals surface area contributed by atoms with Crippen molar-refractivity contribution in [2.45, 2.75) is 0 Å². The second-order valence-electron chi connectivity index (χ2n) is 3.55. The molecule has 0 aliphatic heterocycles. The van der Waals surface area contributed by atoms with Gasteiger partial charge in [0.1, 0.15) is 5.56 Å². The molecule has 1 aromatic heterocycles. The van der Waals surface area contributed by atoms with Crippen LogP contribution in [0.25, 0.3) is 0 Å². The number of rotatable bonds is 4. The van der Waals surface area contributed by atoms with Gasteiger partial charge in [0.25, 0.3) is 11.5 Å². The van der Waals surface area contributed by atoms with E-state index in [1.807, 2.05) is 0 Å². The fourth-order valence-electron chi connectivity index (χ4n) is 1.33. The van der Waals surface area contributed by atoms with Gasteiger partial charge >= 0.3 is 5.69 Å². The van der Waals surface area contributed by atoms with Crippen LogP contribution in [0.1, 0.15) is 10.4 Å². The molecule has 0 atom stereocenters. The van der Waals surface area contributed by atoms with E-state index in [0.29, 0.717) is 13.2 Å². The van der Waals surface area contributed by atoms with Crippen molar-refractivity contribution in [3.63, 3.8) is 0 Å². The van der Waals surface area contributed by atoms with Crippen LogP contribution in [-0.4, -0.2) is 35.3 Å². The Morgan fingerprint density at radius 3 is 2.65 bits per heavy atom. The van der Waals surface area contributed by atoms with Gasteiger partial charge < -0.3 is 14.6 Å². The van der Waals surface area contributed by atoms with Crippen molar-refractivity contribution in [3.8, 4) is 0 Å². The summed E-state index contributed by atoms with van der Waals surface area (Å²) in [7, 11) is 4.32. The minimum absolute atomic E-state index is 0.0642. The Labute approximate surface area is 97.6 Å². The molecule has 1 rings (SSSR count). The predicted molar refractivity (Wildman–Crippen MR) is 61.1 cm³/mol. The molecule has 0 unspecified atom stereocenters. The summed E-state index contributed by atoms with van der Waals surface area (Å²) >= 11 is 0. The third-order valence-corrected chi connectivity index (χ3v) is 2.28. The molecule has 17 heavy (non-hydrogen) atoms. The first-order valence-electron chi connectivity index (χ1n) is 5.02. The van der Waals surface area contributed by atoms with Gasteiger partial charge in [-0.05, 0) is 0 Å². The highest BCUT2D eigenvalue weighted by Gasteiger charge is 2.13. The van der Waals surface area contributed by atoms with Crippen molar-refractivity contribution in [2.24, 2.45) is 14.1 Å². The molecule has 0 fully saturated rings. The van der Waals surface area contributed by atoms with E-state index >= 15 is 0 Å². The Morgan fingerprint density at radius 1 is 1.41 bits per heavy atom. The van der Waals surface area contributed by atoms with E-state index in [1.54, 1.807) is 0 Å². The molecule has 0 saturated heterocycles. The second kappa shape index (κ2) is 5.44. The molecule has 94 valence electrons. The molecular weight excluding hydrogens is 226 g/mol. The Balaban J connectivity index is 3.03. The summed E-state index contributed by atoms with van der Waals surface area (Å²) < 4.78 is 6.85. The molecule has 1 N–H and O–H groups in total. The van der Waals surface area contributed by atoms with Crippen LogP contribution >= 0.6 is 0 Å². The maximum atomic E-state index is 11.7. The average molecular weight is 241 g/mol. The molecule has 0 aliphatic carbocycles. The summed E-state index contributed by atoms with van der Waals surface area (Å²) in [5.74, 6) is -0.516. The number of nitrogens with one attached hydrogen (secondary N) is 1. The Morgan fingerprint density at radius 2 is 2.06 bits per heavy atom. The van der Waals surface area contributed by atoms with Gasteiger partial charge in [-0.1, -0.05) is 0 Å². The van der Waals surface area contributed by atoms with Gasteiger partial charge in [-0.15, -0.1) is 0 Å². The van der Waals surface area contributed by atoms with Gasteiger partial charge in [0.05, 0.1) is 6.61 Å². The van der Waals surface area contributed by atoms with Crippen LogP contribution in [-0.2, 0) is 18.8 Å². The lowest BCUT2D eigenvalue weighted by Crippen LogP contribution is -2.42. The number of carbonyl (C=O) groups excluding carboxylic acids is 1. The zero-order chi connectivity index (χ0) is 13.0. The lowest BCUT2D eigenvalue weighted by atomic mass is 10.3. The van der Waals surface area contributed by atoms with E-state index in [9.17, 15) is 14.4 Å². The molecule has 0 spiro atoms. The molecule has 0 aliphatic rings. The molecule has 1 amide bonds. The minimum Gasteiger partial charge on any atom is -0.383 e. The molecule has 7 nitrogen and oxygen atoms in total. The van der Waals surface area contributed by atoms with Crippen LogP contribution in [0.2, 0.25) is 0 Å². The standard InChI is InChI=1S/C10H15N3O4/c1-12-6-7(8(14)11-4-5-17-3)9(15)13(2)10(12)16/h6H,4-5H2,1-3H3,(H,11,14). The predicted octanol–water partition coefficient (Wildman–Crippen LogP) is -1.54. The molecule has 0 bridgehead atoms. The summed E-state index contributed by atoms with van der Waals surface area (Å²) in [6.45, 7) is 0.666. The normalized spacial score (nSPS) is 10.3. The highest BCUT2D eigenvalue weighted by atomic mass is 16.5. The minimum atomic E-state index is -0.608. The second-order valence-corrected chi connectivity index (χ2v) is 3.55. The third-order valence-electron chi connectivity index (χ3n) is 2.28. The van der Waals surface area contributed by atoms with E-state index in [-0.39, 0.29) is 5.56 Å². The molecule has 7 heteroatoms. The molecule has 0 saturated carbocycles. The summed E-state index contributed by atoms with van der Waals surface area (Å²) in [5.41, 5.74) is -1.14. The van der Waals surface area contributed by atoms with E-state index in [1.165, 1.54) is 32.0 Å². The topological polar surface area (TPSA) is 82.3 Å². The number of hydrogen-bond acceptors (Lipinski definition) is 4. The molecule has 1 heterocycles. The zero-order valence-corrected chi connectivity index (χ0v) is 10.0. The van der Waals surface area contributed by atoms with Gasteiger partial charge in [-0.2, -0.15) is 0 Å². The lowest BCUT2D eigenvalue weighted by molar-refractivity contribution is 0.0934. The molecule has 1 aromatic rings.